The van der Waals surface area contributed by atoms with E-state index in [2.05, 4.69) is 5.32 Å². The third-order valence-electron chi connectivity index (χ3n) is 4.31. The van der Waals surface area contributed by atoms with Crippen LogP contribution < -0.4 is 10.2 Å². The summed E-state index contributed by atoms with van der Waals surface area (Å²) in [5, 5.41) is 2.70. The van der Waals surface area contributed by atoms with Crippen molar-refractivity contribution in [1.29, 1.82) is 0 Å². The molecule has 150 valence electrons. The van der Waals surface area contributed by atoms with E-state index in [9.17, 15) is 18.8 Å². The van der Waals surface area contributed by atoms with Crippen LogP contribution in [0.3, 0.4) is 0 Å². The van der Waals surface area contributed by atoms with Crippen molar-refractivity contribution < 1.29 is 23.2 Å². The first-order valence-corrected chi connectivity index (χ1v) is 9.74. The van der Waals surface area contributed by atoms with Gasteiger partial charge >= 0.3 is 6.03 Å². The van der Waals surface area contributed by atoms with Crippen LogP contribution in [0, 0.1) is 12.7 Å². The number of furan rings is 1. The third kappa shape index (κ3) is 4.04. The molecule has 1 aliphatic heterocycles. The number of benzene rings is 2. The van der Waals surface area contributed by atoms with Crippen LogP contribution in [0.15, 0.2) is 80.6 Å². The number of rotatable bonds is 4. The van der Waals surface area contributed by atoms with E-state index in [0.717, 1.165) is 27.5 Å². The molecular formula is C22H15FN2O4S. The number of barbiturate groups is 1. The van der Waals surface area contributed by atoms with Gasteiger partial charge in [0.2, 0.25) is 0 Å². The maximum Gasteiger partial charge on any atom is 0.335 e. The van der Waals surface area contributed by atoms with Gasteiger partial charge in [0.1, 0.15) is 17.2 Å². The first-order chi connectivity index (χ1) is 14.4. The molecule has 4 rings (SSSR count). The number of carbonyl (C=O) groups is 3. The second-order valence-electron chi connectivity index (χ2n) is 6.51. The average Bonchev–Trinajstić information content (AvgIpc) is 3.15. The van der Waals surface area contributed by atoms with E-state index in [0.29, 0.717) is 5.09 Å². The quantitative estimate of drug-likeness (QED) is 0.493. The second-order valence-corrected chi connectivity index (χ2v) is 7.58. The summed E-state index contributed by atoms with van der Waals surface area (Å²) in [6, 6.07) is 15.2. The number of carbonyl (C=O) groups excluding carboxylic acids is 3. The van der Waals surface area contributed by atoms with Crippen molar-refractivity contribution in [3.8, 4) is 0 Å². The number of nitrogens with one attached hydrogen (secondary N) is 1. The first-order valence-electron chi connectivity index (χ1n) is 8.92. The summed E-state index contributed by atoms with van der Waals surface area (Å²) in [7, 11) is 0. The molecule has 4 amide bonds. The van der Waals surface area contributed by atoms with Gasteiger partial charge in [0.05, 0.1) is 5.69 Å². The molecule has 0 spiro atoms. The van der Waals surface area contributed by atoms with Crippen LogP contribution in [0.2, 0.25) is 0 Å². The number of urea groups is 1. The molecular weight excluding hydrogens is 407 g/mol. The molecule has 1 N–H and O–H groups in total. The standard InChI is InChI=1S/C22H15FN2O4S/c1-13-2-9-17(10-3-13)30-19-11-8-16(29-19)12-18-20(26)24-22(28)25(21(18)27)15-6-4-14(23)5-7-15/h2-12H,1H3,(H,24,26,28)/b18-12+. The summed E-state index contributed by atoms with van der Waals surface area (Å²) in [5.74, 6) is -1.87. The number of imide groups is 2. The molecule has 2 aromatic carbocycles. The Labute approximate surface area is 175 Å². The molecule has 6 nitrogen and oxygen atoms in total. The van der Waals surface area contributed by atoms with Crippen molar-refractivity contribution in [2.75, 3.05) is 4.90 Å². The van der Waals surface area contributed by atoms with Gasteiger partial charge in [-0.1, -0.05) is 29.5 Å². The molecule has 0 aliphatic carbocycles. The lowest BCUT2D eigenvalue weighted by Gasteiger charge is -2.26. The van der Waals surface area contributed by atoms with Gasteiger partial charge in [-0.2, -0.15) is 0 Å². The molecule has 3 aromatic rings. The van der Waals surface area contributed by atoms with E-state index >= 15 is 0 Å². The maximum atomic E-state index is 13.2. The highest BCUT2D eigenvalue weighted by Gasteiger charge is 2.37. The first kappa shape index (κ1) is 19.7. The molecule has 1 fully saturated rings. The minimum Gasteiger partial charge on any atom is -0.450 e. The summed E-state index contributed by atoms with van der Waals surface area (Å²) < 4.78 is 18.9. The van der Waals surface area contributed by atoms with Gasteiger partial charge in [-0.05, 0) is 61.5 Å². The van der Waals surface area contributed by atoms with Gasteiger partial charge in [0, 0.05) is 4.90 Å². The van der Waals surface area contributed by atoms with Gasteiger partial charge < -0.3 is 4.42 Å². The monoisotopic (exact) mass is 422 g/mol. The Bertz CT molecular complexity index is 1170. The fraction of sp³-hybridized carbons (Fsp3) is 0.0455. The predicted octanol–water partition coefficient (Wildman–Crippen LogP) is 4.54. The number of anilines is 1. The van der Waals surface area contributed by atoms with Crippen LogP contribution in [0.25, 0.3) is 6.08 Å². The highest BCUT2D eigenvalue weighted by molar-refractivity contribution is 7.99. The molecule has 30 heavy (non-hydrogen) atoms. The van der Waals surface area contributed by atoms with Crippen LogP contribution in [-0.4, -0.2) is 17.8 Å². The third-order valence-corrected chi connectivity index (χ3v) is 5.24. The van der Waals surface area contributed by atoms with Crippen molar-refractivity contribution in [3.63, 3.8) is 0 Å². The van der Waals surface area contributed by atoms with Gasteiger partial charge in [-0.25, -0.2) is 14.1 Å². The molecule has 1 saturated heterocycles. The van der Waals surface area contributed by atoms with Gasteiger partial charge in [0.15, 0.2) is 5.09 Å². The molecule has 1 aromatic heterocycles. The number of nitrogens with zero attached hydrogens (tertiary/aromatic N) is 1. The molecule has 0 radical (unpaired) electrons. The number of halogens is 1. The van der Waals surface area contributed by atoms with Crippen molar-refractivity contribution >= 4 is 41.4 Å². The number of hydrogen-bond acceptors (Lipinski definition) is 5. The predicted molar refractivity (Wildman–Crippen MR) is 109 cm³/mol. The largest absolute Gasteiger partial charge is 0.450 e. The normalized spacial score (nSPS) is 15.6. The summed E-state index contributed by atoms with van der Waals surface area (Å²) in [6.07, 6.45) is 1.28. The smallest absolute Gasteiger partial charge is 0.335 e. The number of amides is 4. The Morgan fingerprint density at radius 3 is 2.37 bits per heavy atom. The fourth-order valence-electron chi connectivity index (χ4n) is 2.81. The van der Waals surface area contributed by atoms with Crippen LogP contribution in [0.1, 0.15) is 11.3 Å². The Balaban J connectivity index is 1.59. The van der Waals surface area contributed by atoms with Gasteiger partial charge in [0.25, 0.3) is 11.8 Å². The van der Waals surface area contributed by atoms with Crippen LogP contribution in [0.4, 0.5) is 14.9 Å². The van der Waals surface area contributed by atoms with E-state index in [1.807, 2.05) is 31.2 Å². The summed E-state index contributed by atoms with van der Waals surface area (Å²) in [5.41, 5.74) is 1.03. The number of aryl methyl sites for hydroxylation is 1. The van der Waals surface area contributed by atoms with Crippen molar-refractivity contribution in [1.82, 2.24) is 5.32 Å². The summed E-state index contributed by atoms with van der Waals surface area (Å²) in [6.45, 7) is 2.00. The highest BCUT2D eigenvalue weighted by atomic mass is 32.2. The average molecular weight is 422 g/mol. The minimum absolute atomic E-state index is 0.146. The lowest BCUT2D eigenvalue weighted by molar-refractivity contribution is -0.122. The second kappa shape index (κ2) is 8.00. The van der Waals surface area contributed by atoms with Crippen molar-refractivity contribution in [3.05, 3.63) is 83.4 Å². The molecule has 0 bridgehead atoms. The van der Waals surface area contributed by atoms with Crippen molar-refractivity contribution in [2.24, 2.45) is 0 Å². The highest BCUT2D eigenvalue weighted by Crippen LogP contribution is 2.30. The molecule has 0 unspecified atom stereocenters. The fourth-order valence-corrected chi connectivity index (χ4v) is 3.59. The molecule has 8 heteroatoms. The van der Waals surface area contributed by atoms with E-state index < -0.39 is 23.7 Å². The Kier molecular flexibility index (Phi) is 5.24. The zero-order valence-corrected chi connectivity index (χ0v) is 16.5. The van der Waals surface area contributed by atoms with Gasteiger partial charge in [-0.3, -0.25) is 14.9 Å². The zero-order chi connectivity index (χ0) is 21.3. The van der Waals surface area contributed by atoms with Crippen LogP contribution >= 0.6 is 11.8 Å². The van der Waals surface area contributed by atoms with Crippen LogP contribution in [0.5, 0.6) is 0 Å². The molecule has 0 atom stereocenters. The van der Waals surface area contributed by atoms with E-state index in [1.165, 1.54) is 30.0 Å². The number of hydrogen-bond donors (Lipinski definition) is 1. The Hall–Kier alpha value is -3.65. The molecule has 1 aliphatic rings. The SMILES string of the molecule is Cc1ccc(Sc2ccc(/C=C3\C(=O)NC(=O)N(c4ccc(F)cc4)C3=O)o2)cc1. The molecule has 2 heterocycles. The maximum absolute atomic E-state index is 13.2. The summed E-state index contributed by atoms with van der Waals surface area (Å²) >= 11 is 1.40. The topological polar surface area (TPSA) is 79.6 Å². The lowest BCUT2D eigenvalue weighted by Crippen LogP contribution is -2.54. The van der Waals surface area contributed by atoms with E-state index in [4.69, 9.17) is 4.42 Å². The van der Waals surface area contributed by atoms with E-state index in [-0.39, 0.29) is 17.0 Å². The molecule has 0 saturated carbocycles. The Morgan fingerprint density at radius 2 is 1.67 bits per heavy atom. The summed E-state index contributed by atoms with van der Waals surface area (Å²) in [4.78, 5) is 38.9. The van der Waals surface area contributed by atoms with Gasteiger partial charge in [-0.15, -0.1) is 0 Å². The zero-order valence-electron chi connectivity index (χ0n) is 15.7. The Morgan fingerprint density at radius 1 is 0.967 bits per heavy atom. The van der Waals surface area contributed by atoms with Crippen molar-refractivity contribution in [2.45, 2.75) is 16.9 Å². The minimum atomic E-state index is -0.899. The van der Waals surface area contributed by atoms with Crippen LogP contribution in [-0.2, 0) is 9.59 Å². The van der Waals surface area contributed by atoms with E-state index in [1.54, 1.807) is 12.1 Å². The lowest BCUT2D eigenvalue weighted by atomic mass is 10.1.